The third kappa shape index (κ3) is 5.92. The molecule has 0 fully saturated rings. The van der Waals surface area contributed by atoms with Crippen molar-refractivity contribution in [2.75, 3.05) is 10.6 Å². The van der Waals surface area contributed by atoms with Gasteiger partial charge in [-0.05, 0) is 48.9 Å². The second-order valence-corrected chi connectivity index (χ2v) is 9.82. The van der Waals surface area contributed by atoms with Crippen LogP contribution in [0.3, 0.4) is 0 Å². The van der Waals surface area contributed by atoms with Crippen molar-refractivity contribution in [3.8, 4) is 0 Å². The summed E-state index contributed by atoms with van der Waals surface area (Å²) in [4.78, 5) is 38.3. The van der Waals surface area contributed by atoms with Gasteiger partial charge in [0.15, 0.2) is 0 Å². The molecule has 3 aromatic carbocycles. The Balaban J connectivity index is 1.44. The number of carbonyl (C=O) groups excluding carboxylic acids is 2. The van der Waals surface area contributed by atoms with Crippen LogP contribution in [0.5, 0.6) is 0 Å². The molecule has 2 amide bonds. The van der Waals surface area contributed by atoms with Crippen LogP contribution in [0.2, 0.25) is 0 Å². The summed E-state index contributed by atoms with van der Waals surface area (Å²) in [5.74, 6) is -2.67. The van der Waals surface area contributed by atoms with Crippen LogP contribution in [0.1, 0.15) is 26.2 Å². The van der Waals surface area contributed by atoms with Gasteiger partial charge >= 0.3 is 5.97 Å². The molecule has 3 atom stereocenters. The van der Waals surface area contributed by atoms with Crippen LogP contribution < -0.4 is 10.6 Å². The maximum atomic E-state index is 13.1. The summed E-state index contributed by atoms with van der Waals surface area (Å²) >= 11 is 1.44. The van der Waals surface area contributed by atoms with E-state index in [0.29, 0.717) is 24.9 Å². The Labute approximate surface area is 208 Å². The highest BCUT2D eigenvalue weighted by Crippen LogP contribution is 2.31. The van der Waals surface area contributed by atoms with E-state index >= 15 is 0 Å². The lowest BCUT2D eigenvalue weighted by Gasteiger charge is -2.24. The van der Waals surface area contributed by atoms with Crippen molar-refractivity contribution in [3.05, 3.63) is 78.9 Å². The zero-order valence-electron chi connectivity index (χ0n) is 19.4. The van der Waals surface area contributed by atoms with Crippen molar-refractivity contribution in [1.82, 2.24) is 0 Å². The average Bonchev–Trinajstić information content (AvgIpc) is 2.87. The van der Waals surface area contributed by atoms with Crippen LogP contribution >= 0.6 is 11.8 Å². The molecule has 0 radical (unpaired) electrons. The molecular formula is C28H28N2O4S. The number of nitrogens with one attached hydrogen (secondary N) is 2. The third-order valence-corrected chi connectivity index (χ3v) is 7.54. The molecule has 7 heteroatoms. The summed E-state index contributed by atoms with van der Waals surface area (Å²) in [5, 5.41) is 17.1. The predicted molar refractivity (Wildman–Crippen MR) is 141 cm³/mol. The Bertz CT molecular complexity index is 1270. The van der Waals surface area contributed by atoms with E-state index in [0.717, 1.165) is 21.4 Å². The molecule has 35 heavy (non-hydrogen) atoms. The Morgan fingerprint density at radius 2 is 1.66 bits per heavy atom. The van der Waals surface area contributed by atoms with Crippen LogP contribution in [0, 0.1) is 11.8 Å². The number of hydrogen-bond acceptors (Lipinski definition) is 4. The van der Waals surface area contributed by atoms with E-state index in [9.17, 15) is 19.5 Å². The van der Waals surface area contributed by atoms with Gasteiger partial charge in [0.2, 0.25) is 11.8 Å². The zero-order chi connectivity index (χ0) is 24.8. The standard InChI is InChI=1S/C28H28N2O4S/c1-2-25(27(32)30-24-16-7-10-18-9-3-4-13-21(18)24)35-20-12-8-11-19(17-20)29-26(31)22-14-5-6-15-23(22)28(33)34/h3-13,16-17,22-23,25H,2,14-15H2,1H3,(H,29,31)(H,30,32)(H,33,34). The summed E-state index contributed by atoms with van der Waals surface area (Å²) in [6.45, 7) is 1.97. The number of carboxylic acid groups (broad SMARTS) is 1. The summed E-state index contributed by atoms with van der Waals surface area (Å²) < 4.78 is 0. The van der Waals surface area contributed by atoms with Crippen molar-refractivity contribution < 1.29 is 19.5 Å². The van der Waals surface area contributed by atoms with Crippen LogP contribution in [0.4, 0.5) is 11.4 Å². The highest BCUT2D eigenvalue weighted by Gasteiger charge is 2.34. The first-order valence-corrected chi connectivity index (χ1v) is 12.6. The first-order valence-electron chi connectivity index (χ1n) is 11.7. The van der Waals surface area contributed by atoms with Gasteiger partial charge in [0, 0.05) is 21.7 Å². The SMILES string of the molecule is CCC(Sc1cccc(NC(=O)C2CC=CCC2C(=O)O)c1)C(=O)Nc1cccc2ccccc12. The number of allylic oxidation sites excluding steroid dienone is 2. The number of carbonyl (C=O) groups is 3. The molecular weight excluding hydrogens is 460 g/mol. The molecule has 180 valence electrons. The molecule has 0 aromatic heterocycles. The summed E-state index contributed by atoms with van der Waals surface area (Å²) in [5.41, 5.74) is 1.37. The number of benzene rings is 3. The molecule has 3 N–H and O–H groups in total. The Hall–Kier alpha value is -3.58. The smallest absolute Gasteiger partial charge is 0.307 e. The van der Waals surface area contributed by atoms with E-state index in [1.54, 1.807) is 6.07 Å². The minimum atomic E-state index is -0.957. The second-order valence-electron chi connectivity index (χ2n) is 8.54. The van der Waals surface area contributed by atoms with Gasteiger partial charge in [-0.2, -0.15) is 0 Å². The molecule has 0 saturated heterocycles. The number of rotatable bonds is 8. The summed E-state index contributed by atoms with van der Waals surface area (Å²) in [6.07, 6.45) is 5.06. The highest BCUT2D eigenvalue weighted by atomic mass is 32.2. The van der Waals surface area contributed by atoms with Gasteiger partial charge in [-0.15, -0.1) is 11.8 Å². The minimum absolute atomic E-state index is 0.0819. The molecule has 0 saturated carbocycles. The monoisotopic (exact) mass is 488 g/mol. The zero-order valence-corrected chi connectivity index (χ0v) is 20.3. The predicted octanol–water partition coefficient (Wildman–Crippen LogP) is 5.95. The first-order chi connectivity index (χ1) is 17.0. The van der Waals surface area contributed by atoms with Gasteiger partial charge < -0.3 is 15.7 Å². The van der Waals surface area contributed by atoms with Gasteiger partial charge in [0.1, 0.15) is 0 Å². The molecule has 1 aliphatic carbocycles. The number of carboxylic acids is 1. The average molecular weight is 489 g/mol. The molecule has 6 nitrogen and oxygen atoms in total. The maximum Gasteiger partial charge on any atom is 0.307 e. The minimum Gasteiger partial charge on any atom is -0.481 e. The van der Waals surface area contributed by atoms with Crippen molar-refractivity contribution in [2.24, 2.45) is 11.8 Å². The van der Waals surface area contributed by atoms with Gasteiger partial charge in [-0.1, -0.05) is 61.5 Å². The van der Waals surface area contributed by atoms with Crippen molar-refractivity contribution in [3.63, 3.8) is 0 Å². The van der Waals surface area contributed by atoms with E-state index in [1.165, 1.54) is 11.8 Å². The van der Waals surface area contributed by atoms with Gasteiger partial charge in [0.25, 0.3) is 0 Å². The van der Waals surface area contributed by atoms with E-state index in [2.05, 4.69) is 10.6 Å². The van der Waals surface area contributed by atoms with Crippen LogP contribution in [0.15, 0.2) is 83.8 Å². The molecule has 4 rings (SSSR count). The topological polar surface area (TPSA) is 95.5 Å². The largest absolute Gasteiger partial charge is 0.481 e. The van der Waals surface area contributed by atoms with Crippen LogP contribution in [-0.4, -0.2) is 28.1 Å². The molecule has 1 aliphatic rings. The first kappa shape index (κ1) is 24.5. The quantitative estimate of drug-likeness (QED) is 0.269. The van der Waals surface area contributed by atoms with E-state index in [4.69, 9.17) is 0 Å². The third-order valence-electron chi connectivity index (χ3n) is 6.18. The fourth-order valence-corrected chi connectivity index (χ4v) is 5.31. The number of fused-ring (bicyclic) bond motifs is 1. The molecule has 0 spiro atoms. The number of anilines is 2. The molecule has 3 aromatic rings. The maximum absolute atomic E-state index is 13.1. The summed E-state index contributed by atoms with van der Waals surface area (Å²) in [7, 11) is 0. The van der Waals surface area contributed by atoms with Crippen molar-refractivity contribution >= 4 is 51.7 Å². The normalized spacial score (nSPS) is 18.1. The Morgan fingerprint density at radius 1 is 0.943 bits per heavy atom. The Kier molecular flexibility index (Phi) is 7.87. The van der Waals surface area contributed by atoms with Gasteiger partial charge in [-0.3, -0.25) is 14.4 Å². The number of thioether (sulfide) groups is 1. The summed E-state index contributed by atoms with van der Waals surface area (Å²) in [6, 6.07) is 21.1. The fraction of sp³-hybridized carbons (Fsp3) is 0.250. The second kappa shape index (κ2) is 11.2. The lowest BCUT2D eigenvalue weighted by molar-refractivity contribution is -0.146. The number of hydrogen-bond donors (Lipinski definition) is 3. The van der Waals surface area contributed by atoms with E-state index in [-0.39, 0.29) is 17.1 Å². The van der Waals surface area contributed by atoms with E-state index in [1.807, 2.05) is 79.7 Å². The molecule has 0 aliphatic heterocycles. The lowest BCUT2D eigenvalue weighted by Crippen LogP contribution is -2.34. The Morgan fingerprint density at radius 3 is 2.43 bits per heavy atom. The van der Waals surface area contributed by atoms with Gasteiger partial charge in [-0.25, -0.2) is 0 Å². The number of aliphatic carboxylic acids is 1. The highest BCUT2D eigenvalue weighted by molar-refractivity contribution is 8.00. The van der Waals surface area contributed by atoms with Crippen molar-refractivity contribution in [2.45, 2.75) is 36.3 Å². The molecule has 3 unspecified atom stereocenters. The molecule has 0 heterocycles. The number of amides is 2. The molecule has 0 bridgehead atoms. The fourth-order valence-electron chi connectivity index (χ4n) is 4.29. The lowest BCUT2D eigenvalue weighted by atomic mass is 9.82. The van der Waals surface area contributed by atoms with Crippen molar-refractivity contribution in [1.29, 1.82) is 0 Å². The van der Waals surface area contributed by atoms with E-state index < -0.39 is 17.8 Å². The van der Waals surface area contributed by atoms with Gasteiger partial charge in [0.05, 0.1) is 17.1 Å². The van der Waals surface area contributed by atoms with Crippen LogP contribution in [-0.2, 0) is 14.4 Å². The van der Waals surface area contributed by atoms with Crippen LogP contribution in [0.25, 0.3) is 10.8 Å².